The minimum absolute atomic E-state index is 1.16. The molecule has 0 unspecified atom stereocenters. The second-order valence-electron chi connectivity index (χ2n) is 3.11. The van der Waals surface area contributed by atoms with Crippen LogP contribution in [0.3, 0.4) is 0 Å². The molecule has 0 aromatic heterocycles. The zero-order valence-electron chi connectivity index (χ0n) is 7.86. The fraction of sp³-hybridized carbons (Fsp3) is 0.273. The standard InChI is InChI=1S/C11H13Si/c1-5-10-6-7(2)8(3)9(4)11(10)12/h5-6H,1H2,2-4H3. The zero-order valence-corrected chi connectivity index (χ0v) is 8.86. The van der Waals surface area contributed by atoms with E-state index >= 15 is 0 Å². The number of rotatable bonds is 1. The van der Waals surface area contributed by atoms with E-state index in [4.69, 9.17) is 0 Å². The highest BCUT2D eigenvalue weighted by Gasteiger charge is 2.03. The normalized spacial score (nSPS) is 10.0. The maximum Gasteiger partial charge on any atom is 0.0724 e. The van der Waals surface area contributed by atoms with Gasteiger partial charge in [0.1, 0.15) is 0 Å². The fourth-order valence-electron chi connectivity index (χ4n) is 1.27. The summed E-state index contributed by atoms with van der Waals surface area (Å²) in [6.45, 7) is 10.2. The van der Waals surface area contributed by atoms with Crippen LogP contribution in [0.1, 0.15) is 22.3 Å². The van der Waals surface area contributed by atoms with Crippen LogP contribution < -0.4 is 5.19 Å². The van der Waals surface area contributed by atoms with Gasteiger partial charge in [-0.1, -0.05) is 23.9 Å². The number of hydrogen-bond acceptors (Lipinski definition) is 0. The van der Waals surface area contributed by atoms with Crippen molar-refractivity contribution >= 4 is 21.5 Å². The molecule has 1 aromatic rings. The molecule has 0 aliphatic heterocycles. The van der Waals surface area contributed by atoms with Crippen LogP contribution in [-0.4, -0.2) is 10.2 Å². The van der Waals surface area contributed by atoms with Crippen molar-refractivity contribution in [1.82, 2.24) is 0 Å². The fourth-order valence-corrected chi connectivity index (χ4v) is 1.64. The van der Waals surface area contributed by atoms with Gasteiger partial charge in [0.15, 0.2) is 0 Å². The zero-order chi connectivity index (χ0) is 9.30. The van der Waals surface area contributed by atoms with E-state index in [1.165, 1.54) is 22.3 Å². The first-order chi connectivity index (χ1) is 5.57. The monoisotopic (exact) mass is 173 g/mol. The van der Waals surface area contributed by atoms with E-state index in [2.05, 4.69) is 43.7 Å². The van der Waals surface area contributed by atoms with E-state index in [9.17, 15) is 0 Å². The van der Waals surface area contributed by atoms with Crippen LogP contribution in [0.2, 0.25) is 0 Å². The molecule has 0 aliphatic rings. The first-order valence-corrected chi connectivity index (χ1v) is 4.52. The minimum Gasteiger partial charge on any atom is -0.0985 e. The van der Waals surface area contributed by atoms with Crippen molar-refractivity contribution in [1.29, 1.82) is 0 Å². The van der Waals surface area contributed by atoms with Gasteiger partial charge in [0.2, 0.25) is 0 Å². The van der Waals surface area contributed by atoms with E-state index in [0.717, 1.165) is 5.19 Å². The topological polar surface area (TPSA) is 0 Å². The average molecular weight is 173 g/mol. The maximum atomic E-state index is 3.77. The second-order valence-corrected chi connectivity index (χ2v) is 3.61. The Kier molecular flexibility index (Phi) is 2.53. The van der Waals surface area contributed by atoms with Crippen LogP contribution >= 0.6 is 0 Å². The summed E-state index contributed by atoms with van der Waals surface area (Å²) < 4.78 is 0. The molecule has 0 saturated heterocycles. The molecular formula is C11H13Si. The third-order valence-corrected chi connectivity index (χ3v) is 3.07. The second kappa shape index (κ2) is 3.28. The van der Waals surface area contributed by atoms with Crippen molar-refractivity contribution in [3.8, 4) is 0 Å². The summed E-state index contributed by atoms with van der Waals surface area (Å²) in [5.74, 6) is 0. The lowest BCUT2D eigenvalue weighted by atomic mass is 10.0. The van der Waals surface area contributed by atoms with Gasteiger partial charge in [-0.3, -0.25) is 0 Å². The third kappa shape index (κ3) is 1.37. The minimum atomic E-state index is 1.16. The van der Waals surface area contributed by atoms with Gasteiger partial charge in [0.05, 0.1) is 10.2 Å². The Hall–Kier alpha value is -0.823. The molecule has 0 saturated carbocycles. The maximum absolute atomic E-state index is 3.77. The van der Waals surface area contributed by atoms with Gasteiger partial charge >= 0.3 is 0 Å². The molecule has 0 atom stereocenters. The van der Waals surface area contributed by atoms with E-state index in [0.29, 0.717) is 0 Å². The molecule has 0 bridgehead atoms. The van der Waals surface area contributed by atoms with E-state index in [1.807, 2.05) is 6.08 Å². The molecule has 0 fully saturated rings. The molecule has 1 aromatic carbocycles. The molecule has 0 aliphatic carbocycles. The molecule has 61 valence electrons. The lowest BCUT2D eigenvalue weighted by Gasteiger charge is -2.11. The first-order valence-electron chi connectivity index (χ1n) is 4.02. The Morgan fingerprint density at radius 1 is 1.25 bits per heavy atom. The Labute approximate surface area is 77.7 Å². The quantitative estimate of drug-likeness (QED) is 0.570. The molecule has 1 rings (SSSR count). The SMILES string of the molecule is C=Cc1cc(C)c(C)c(C)c1[Si]. The van der Waals surface area contributed by atoms with Gasteiger partial charge in [0.25, 0.3) is 0 Å². The lowest BCUT2D eigenvalue weighted by molar-refractivity contribution is 1.28. The molecule has 0 nitrogen and oxygen atoms in total. The average Bonchev–Trinajstić information content (AvgIpc) is 2.08. The summed E-state index contributed by atoms with van der Waals surface area (Å²) >= 11 is 0. The summed E-state index contributed by atoms with van der Waals surface area (Å²) in [5, 5.41) is 1.16. The molecular weight excluding hydrogens is 160 g/mol. The highest BCUT2D eigenvalue weighted by atomic mass is 28.1. The molecule has 12 heavy (non-hydrogen) atoms. The summed E-state index contributed by atoms with van der Waals surface area (Å²) in [6.07, 6.45) is 1.88. The Bertz CT molecular complexity index is 324. The predicted molar refractivity (Wildman–Crippen MR) is 56.1 cm³/mol. The van der Waals surface area contributed by atoms with Gasteiger partial charge < -0.3 is 0 Å². The summed E-state index contributed by atoms with van der Waals surface area (Å²) in [6, 6.07) is 2.15. The molecule has 1 heteroatoms. The van der Waals surface area contributed by atoms with E-state index < -0.39 is 0 Å². The van der Waals surface area contributed by atoms with Gasteiger partial charge in [-0.2, -0.15) is 0 Å². The number of aryl methyl sites for hydroxylation is 1. The first kappa shape index (κ1) is 9.27. The van der Waals surface area contributed by atoms with Crippen LogP contribution in [0.15, 0.2) is 12.6 Å². The highest BCUT2D eigenvalue weighted by molar-refractivity contribution is 6.35. The van der Waals surface area contributed by atoms with Crippen LogP contribution in [0.25, 0.3) is 6.08 Å². The van der Waals surface area contributed by atoms with Crippen LogP contribution in [0.4, 0.5) is 0 Å². The Morgan fingerprint density at radius 2 is 1.83 bits per heavy atom. The summed E-state index contributed by atoms with van der Waals surface area (Å²) in [4.78, 5) is 0. The lowest BCUT2D eigenvalue weighted by Crippen LogP contribution is -2.14. The molecule has 0 amide bonds. The van der Waals surface area contributed by atoms with Gasteiger partial charge in [-0.25, -0.2) is 0 Å². The van der Waals surface area contributed by atoms with Crippen LogP contribution in [0.5, 0.6) is 0 Å². The Morgan fingerprint density at radius 3 is 2.33 bits per heavy atom. The van der Waals surface area contributed by atoms with Crippen molar-refractivity contribution in [2.45, 2.75) is 20.8 Å². The third-order valence-electron chi connectivity index (χ3n) is 2.41. The molecule has 0 spiro atoms. The number of benzene rings is 1. The van der Waals surface area contributed by atoms with E-state index in [-0.39, 0.29) is 0 Å². The number of hydrogen-bond donors (Lipinski definition) is 0. The van der Waals surface area contributed by atoms with Crippen molar-refractivity contribution in [3.63, 3.8) is 0 Å². The molecule has 0 heterocycles. The smallest absolute Gasteiger partial charge is 0.0724 e. The van der Waals surface area contributed by atoms with E-state index in [1.54, 1.807) is 0 Å². The van der Waals surface area contributed by atoms with Crippen LogP contribution in [-0.2, 0) is 0 Å². The predicted octanol–water partition coefficient (Wildman–Crippen LogP) is 2.05. The van der Waals surface area contributed by atoms with Crippen molar-refractivity contribution in [2.24, 2.45) is 0 Å². The Balaban J connectivity index is 3.49. The summed E-state index contributed by atoms with van der Waals surface area (Å²) in [5.41, 5.74) is 5.16. The molecule has 0 N–H and O–H groups in total. The van der Waals surface area contributed by atoms with Crippen LogP contribution in [0, 0.1) is 20.8 Å². The highest BCUT2D eigenvalue weighted by Crippen LogP contribution is 2.13. The van der Waals surface area contributed by atoms with Gasteiger partial charge in [-0.15, -0.1) is 0 Å². The summed E-state index contributed by atoms with van der Waals surface area (Å²) in [7, 11) is 3.61. The van der Waals surface area contributed by atoms with Crippen molar-refractivity contribution in [2.75, 3.05) is 0 Å². The largest absolute Gasteiger partial charge is 0.0985 e. The van der Waals surface area contributed by atoms with Gasteiger partial charge in [-0.05, 0) is 43.0 Å². The van der Waals surface area contributed by atoms with Crippen molar-refractivity contribution in [3.05, 3.63) is 34.9 Å². The van der Waals surface area contributed by atoms with Crippen molar-refractivity contribution < 1.29 is 0 Å². The van der Waals surface area contributed by atoms with Gasteiger partial charge in [0, 0.05) is 0 Å². The molecule has 3 radical (unpaired) electrons.